The number of hydrogen-bond acceptors (Lipinski definition) is 2. The molecule has 2 saturated carbocycles. The fourth-order valence-corrected chi connectivity index (χ4v) is 3.94. The number of fused-ring (bicyclic) bond motifs is 2. The first-order chi connectivity index (χ1) is 9.47. The molecule has 0 aromatic rings. The normalized spacial score (nSPS) is 32.8. The van der Waals surface area contributed by atoms with Crippen molar-refractivity contribution in [2.45, 2.75) is 59.3 Å². The van der Waals surface area contributed by atoms with E-state index in [1.807, 2.05) is 13.8 Å². The number of hydrogen-bond donors (Lipinski definition) is 0. The minimum atomic E-state index is -0.119. The predicted molar refractivity (Wildman–Crippen MR) is 82.3 cm³/mol. The molecule has 3 atom stereocenters. The van der Waals surface area contributed by atoms with Crippen molar-refractivity contribution in [1.82, 2.24) is 0 Å². The SMILES string of the molecule is C=C1[C@H]2CC[C@H](C2)C1(C)CC/C=C(/C)COC(=O)CC. The van der Waals surface area contributed by atoms with Crippen molar-refractivity contribution in [3.8, 4) is 0 Å². The predicted octanol–water partition coefficient (Wildman–Crippen LogP) is 4.66. The molecular formula is C18H28O2. The quantitative estimate of drug-likeness (QED) is 0.521. The molecule has 0 spiro atoms. The number of allylic oxidation sites excluding steroid dienone is 2. The summed E-state index contributed by atoms with van der Waals surface area (Å²) in [7, 11) is 0. The van der Waals surface area contributed by atoms with Gasteiger partial charge in [-0.15, -0.1) is 0 Å². The van der Waals surface area contributed by atoms with Gasteiger partial charge >= 0.3 is 5.97 Å². The Kier molecular flexibility index (Phi) is 4.72. The van der Waals surface area contributed by atoms with Crippen LogP contribution in [0.15, 0.2) is 23.8 Å². The van der Waals surface area contributed by atoms with Gasteiger partial charge in [-0.1, -0.05) is 32.1 Å². The Hall–Kier alpha value is -1.05. The molecule has 0 aromatic carbocycles. The molecule has 2 nitrogen and oxygen atoms in total. The highest BCUT2D eigenvalue weighted by atomic mass is 16.5. The van der Waals surface area contributed by atoms with Gasteiger partial charge in [0.1, 0.15) is 6.61 Å². The Bertz CT molecular complexity index is 421. The standard InChI is InChI=1S/C18H28O2/c1-5-17(19)20-12-13(2)7-6-10-18(4)14(3)15-8-9-16(18)11-15/h7,15-16H,3,5-6,8-12H2,1-2,4H3/b13-7-/t15-,16+,18?/m0/s1. The van der Waals surface area contributed by atoms with Gasteiger partial charge in [0, 0.05) is 6.42 Å². The second kappa shape index (κ2) is 6.15. The lowest BCUT2D eigenvalue weighted by atomic mass is 9.69. The minimum absolute atomic E-state index is 0.119. The van der Waals surface area contributed by atoms with Crippen LogP contribution in [-0.4, -0.2) is 12.6 Å². The number of ether oxygens (including phenoxy) is 1. The molecule has 0 aliphatic heterocycles. The summed E-state index contributed by atoms with van der Waals surface area (Å²) in [5.41, 5.74) is 3.00. The summed E-state index contributed by atoms with van der Waals surface area (Å²) in [5.74, 6) is 1.53. The van der Waals surface area contributed by atoms with E-state index in [4.69, 9.17) is 4.74 Å². The molecule has 2 aliphatic rings. The zero-order valence-electron chi connectivity index (χ0n) is 13.2. The molecule has 0 radical (unpaired) electrons. The first kappa shape index (κ1) is 15.3. The maximum atomic E-state index is 11.1. The smallest absolute Gasteiger partial charge is 0.305 e. The lowest BCUT2D eigenvalue weighted by Crippen LogP contribution is -2.26. The van der Waals surface area contributed by atoms with Crippen molar-refractivity contribution in [1.29, 1.82) is 0 Å². The Morgan fingerprint density at radius 3 is 2.85 bits per heavy atom. The number of carbonyl (C=O) groups is 1. The molecule has 2 aliphatic carbocycles. The van der Waals surface area contributed by atoms with Gasteiger partial charge in [0.15, 0.2) is 0 Å². The molecule has 2 bridgehead atoms. The van der Waals surface area contributed by atoms with Crippen LogP contribution in [0, 0.1) is 17.3 Å². The Morgan fingerprint density at radius 2 is 2.25 bits per heavy atom. The second-order valence-corrected chi connectivity index (χ2v) is 6.75. The summed E-state index contributed by atoms with van der Waals surface area (Å²) in [5, 5.41) is 0. The summed E-state index contributed by atoms with van der Waals surface area (Å²) in [6, 6.07) is 0. The highest BCUT2D eigenvalue weighted by Crippen LogP contribution is 2.60. The molecule has 20 heavy (non-hydrogen) atoms. The van der Waals surface area contributed by atoms with Crippen LogP contribution in [0.25, 0.3) is 0 Å². The van der Waals surface area contributed by atoms with E-state index in [9.17, 15) is 4.79 Å². The fraction of sp³-hybridized carbons (Fsp3) is 0.722. The Balaban J connectivity index is 1.80. The maximum absolute atomic E-state index is 11.1. The molecule has 2 heteroatoms. The van der Waals surface area contributed by atoms with Crippen LogP contribution in [0.2, 0.25) is 0 Å². The maximum Gasteiger partial charge on any atom is 0.305 e. The van der Waals surface area contributed by atoms with Crippen LogP contribution in [0.5, 0.6) is 0 Å². The zero-order chi connectivity index (χ0) is 14.8. The van der Waals surface area contributed by atoms with E-state index in [0.717, 1.165) is 23.8 Å². The third kappa shape index (κ3) is 2.99. The average Bonchev–Trinajstić information content (AvgIpc) is 3.00. The van der Waals surface area contributed by atoms with Gasteiger partial charge in [0.25, 0.3) is 0 Å². The lowest BCUT2D eigenvalue weighted by molar-refractivity contribution is -0.142. The fourth-order valence-electron chi connectivity index (χ4n) is 3.94. The van der Waals surface area contributed by atoms with E-state index in [-0.39, 0.29) is 5.97 Å². The van der Waals surface area contributed by atoms with Crippen LogP contribution in [0.3, 0.4) is 0 Å². The van der Waals surface area contributed by atoms with E-state index in [1.54, 1.807) is 0 Å². The summed E-state index contributed by atoms with van der Waals surface area (Å²) in [4.78, 5) is 11.1. The van der Waals surface area contributed by atoms with Crippen LogP contribution in [-0.2, 0) is 9.53 Å². The average molecular weight is 276 g/mol. The van der Waals surface area contributed by atoms with E-state index in [1.165, 1.54) is 31.3 Å². The number of rotatable bonds is 6. The topological polar surface area (TPSA) is 26.3 Å². The van der Waals surface area contributed by atoms with Gasteiger partial charge in [0.2, 0.25) is 0 Å². The second-order valence-electron chi connectivity index (χ2n) is 6.75. The van der Waals surface area contributed by atoms with Crippen LogP contribution in [0.4, 0.5) is 0 Å². The molecule has 0 heterocycles. The molecule has 0 amide bonds. The molecular weight excluding hydrogens is 248 g/mol. The summed E-state index contributed by atoms with van der Waals surface area (Å²) in [6.45, 7) is 11.1. The lowest BCUT2D eigenvalue weighted by Gasteiger charge is -2.36. The van der Waals surface area contributed by atoms with Crippen molar-refractivity contribution in [3.05, 3.63) is 23.8 Å². The summed E-state index contributed by atoms with van der Waals surface area (Å²) in [6.07, 6.45) is 9.05. The van der Waals surface area contributed by atoms with Gasteiger partial charge in [-0.2, -0.15) is 0 Å². The third-order valence-electron chi connectivity index (χ3n) is 5.47. The van der Waals surface area contributed by atoms with E-state index in [0.29, 0.717) is 18.4 Å². The Labute approximate surface area is 123 Å². The molecule has 0 aromatic heterocycles. The van der Waals surface area contributed by atoms with E-state index < -0.39 is 0 Å². The largest absolute Gasteiger partial charge is 0.461 e. The minimum Gasteiger partial charge on any atom is -0.461 e. The first-order valence-corrected chi connectivity index (χ1v) is 7.98. The highest BCUT2D eigenvalue weighted by Gasteiger charge is 2.49. The number of carbonyl (C=O) groups excluding carboxylic acids is 1. The molecule has 0 N–H and O–H groups in total. The molecule has 0 saturated heterocycles. The molecule has 2 fully saturated rings. The van der Waals surface area contributed by atoms with Crippen molar-refractivity contribution < 1.29 is 9.53 Å². The Morgan fingerprint density at radius 1 is 1.50 bits per heavy atom. The van der Waals surface area contributed by atoms with Crippen LogP contribution < -0.4 is 0 Å². The van der Waals surface area contributed by atoms with E-state index in [2.05, 4.69) is 19.6 Å². The molecule has 1 unspecified atom stereocenters. The highest BCUT2D eigenvalue weighted by molar-refractivity contribution is 5.69. The van der Waals surface area contributed by atoms with Gasteiger partial charge in [-0.25, -0.2) is 0 Å². The first-order valence-electron chi connectivity index (χ1n) is 7.98. The van der Waals surface area contributed by atoms with Crippen LogP contribution in [0.1, 0.15) is 59.3 Å². The van der Waals surface area contributed by atoms with Gasteiger partial charge in [-0.05, 0) is 61.9 Å². The van der Waals surface area contributed by atoms with Gasteiger partial charge in [-0.3, -0.25) is 4.79 Å². The number of esters is 1. The van der Waals surface area contributed by atoms with Gasteiger partial charge < -0.3 is 4.74 Å². The third-order valence-corrected chi connectivity index (χ3v) is 5.47. The van der Waals surface area contributed by atoms with Crippen LogP contribution >= 0.6 is 0 Å². The monoisotopic (exact) mass is 276 g/mol. The zero-order valence-corrected chi connectivity index (χ0v) is 13.2. The molecule has 2 rings (SSSR count). The van der Waals surface area contributed by atoms with Crippen molar-refractivity contribution in [3.63, 3.8) is 0 Å². The summed E-state index contributed by atoms with van der Waals surface area (Å²) >= 11 is 0. The van der Waals surface area contributed by atoms with E-state index >= 15 is 0 Å². The van der Waals surface area contributed by atoms with Crippen molar-refractivity contribution in [2.75, 3.05) is 6.61 Å². The van der Waals surface area contributed by atoms with Crippen molar-refractivity contribution in [2.24, 2.45) is 17.3 Å². The van der Waals surface area contributed by atoms with Gasteiger partial charge in [0.05, 0.1) is 0 Å². The van der Waals surface area contributed by atoms with Crippen molar-refractivity contribution >= 4 is 5.97 Å². The molecule has 112 valence electrons. The summed E-state index contributed by atoms with van der Waals surface area (Å²) < 4.78 is 5.15.